The fraction of sp³-hybridized carbons (Fsp3) is 0.444. The van der Waals surface area contributed by atoms with E-state index in [0.29, 0.717) is 25.3 Å². The second kappa shape index (κ2) is 11.6. The molecule has 2 N–H and O–H groups in total. The first kappa shape index (κ1) is 22.1. The second-order valence-electron chi connectivity index (χ2n) is 5.23. The van der Waals surface area contributed by atoms with Crippen LogP contribution in [0.25, 0.3) is 0 Å². The molecule has 7 nitrogen and oxygen atoms in total. The summed E-state index contributed by atoms with van der Waals surface area (Å²) in [6, 6.07) is 9.86. The molecule has 1 aromatic carbocycles. The molecular formula is C18H29N4O3P. The number of aromatic nitrogens is 2. The molecule has 0 amide bonds. The highest BCUT2D eigenvalue weighted by atomic mass is 31.2. The molecule has 2 aromatic rings. The van der Waals surface area contributed by atoms with E-state index in [9.17, 15) is 4.57 Å². The Morgan fingerprint density at radius 3 is 2.19 bits per heavy atom. The summed E-state index contributed by atoms with van der Waals surface area (Å²) < 4.78 is 21.2. The standard InChI is InChI=1S/C12H14N4.C6H15O3P/c1-9-8-14-12(16-11(9)13-2)15-10-6-4-3-5-7-10;1-4-8-10(7,6-3)9-5-2/h3-8H,1-2H3,(H2,13,14,15,16);4-6H2,1-3H3. The third-order valence-electron chi connectivity index (χ3n) is 3.28. The van der Waals surface area contributed by atoms with Crippen molar-refractivity contribution in [1.82, 2.24) is 9.97 Å². The highest BCUT2D eigenvalue weighted by Gasteiger charge is 2.19. The Morgan fingerprint density at radius 1 is 1.08 bits per heavy atom. The summed E-state index contributed by atoms with van der Waals surface area (Å²) in [6.45, 7) is 8.28. The van der Waals surface area contributed by atoms with Gasteiger partial charge in [-0.25, -0.2) is 4.98 Å². The van der Waals surface area contributed by atoms with Crippen LogP contribution >= 0.6 is 7.60 Å². The first-order valence-electron chi connectivity index (χ1n) is 8.69. The molecule has 0 bridgehead atoms. The monoisotopic (exact) mass is 380 g/mol. The molecule has 1 aromatic heterocycles. The summed E-state index contributed by atoms with van der Waals surface area (Å²) in [5, 5.41) is 6.17. The van der Waals surface area contributed by atoms with E-state index in [1.54, 1.807) is 27.0 Å². The van der Waals surface area contributed by atoms with E-state index in [2.05, 4.69) is 20.6 Å². The van der Waals surface area contributed by atoms with Gasteiger partial charge < -0.3 is 19.7 Å². The van der Waals surface area contributed by atoms with Gasteiger partial charge in [-0.05, 0) is 32.9 Å². The van der Waals surface area contributed by atoms with Crippen LogP contribution in [0.3, 0.4) is 0 Å². The molecule has 0 spiro atoms. The van der Waals surface area contributed by atoms with E-state index >= 15 is 0 Å². The Bertz CT molecular complexity index is 688. The fourth-order valence-electron chi connectivity index (χ4n) is 2.02. The maximum atomic E-state index is 11.3. The van der Waals surface area contributed by atoms with Crippen LogP contribution in [0.2, 0.25) is 0 Å². The van der Waals surface area contributed by atoms with Crippen LogP contribution in [-0.2, 0) is 13.6 Å². The van der Waals surface area contributed by atoms with Gasteiger partial charge in [-0.15, -0.1) is 0 Å². The van der Waals surface area contributed by atoms with Gasteiger partial charge in [-0.2, -0.15) is 4.98 Å². The third kappa shape index (κ3) is 7.52. The first-order chi connectivity index (χ1) is 12.5. The second-order valence-corrected chi connectivity index (χ2v) is 7.60. The molecule has 0 aliphatic heterocycles. The van der Waals surface area contributed by atoms with Crippen molar-refractivity contribution in [3.8, 4) is 0 Å². The SMILES string of the molecule is CCOP(=O)(CC)OCC.CNc1nc(Nc2ccccc2)ncc1C. The van der Waals surface area contributed by atoms with E-state index < -0.39 is 7.60 Å². The number of nitrogens with one attached hydrogen (secondary N) is 2. The lowest BCUT2D eigenvalue weighted by Crippen LogP contribution is -2.02. The molecule has 0 aliphatic rings. The lowest BCUT2D eigenvalue weighted by Gasteiger charge is -2.13. The normalized spacial score (nSPS) is 10.7. The molecule has 26 heavy (non-hydrogen) atoms. The maximum Gasteiger partial charge on any atom is 0.330 e. The summed E-state index contributed by atoms with van der Waals surface area (Å²) in [6.07, 6.45) is 2.25. The summed E-state index contributed by atoms with van der Waals surface area (Å²) in [5.41, 5.74) is 2.01. The molecular weight excluding hydrogens is 351 g/mol. The van der Waals surface area contributed by atoms with Gasteiger partial charge in [0.1, 0.15) is 5.82 Å². The van der Waals surface area contributed by atoms with Crippen molar-refractivity contribution in [3.05, 3.63) is 42.1 Å². The summed E-state index contributed by atoms with van der Waals surface area (Å²) in [5.74, 6) is 1.44. The molecule has 0 saturated heterocycles. The molecule has 8 heteroatoms. The Kier molecular flexibility index (Phi) is 9.88. The Labute approximate surface area is 156 Å². The number of hydrogen-bond acceptors (Lipinski definition) is 7. The van der Waals surface area contributed by atoms with Crippen LogP contribution in [-0.4, -0.2) is 36.4 Å². The maximum absolute atomic E-state index is 11.3. The van der Waals surface area contributed by atoms with Crippen LogP contribution in [0.4, 0.5) is 17.5 Å². The zero-order valence-corrected chi connectivity index (χ0v) is 17.0. The molecule has 0 radical (unpaired) electrons. The molecule has 2 rings (SSSR count). The average Bonchev–Trinajstić information content (AvgIpc) is 2.65. The average molecular weight is 380 g/mol. The minimum atomic E-state index is -2.70. The lowest BCUT2D eigenvalue weighted by atomic mass is 10.3. The molecule has 1 heterocycles. The molecule has 0 unspecified atom stereocenters. The van der Waals surface area contributed by atoms with Gasteiger partial charge in [0.05, 0.1) is 13.2 Å². The topological polar surface area (TPSA) is 85.4 Å². The minimum Gasteiger partial charge on any atom is -0.373 e. The number of hydrogen-bond donors (Lipinski definition) is 2. The number of benzene rings is 1. The molecule has 0 fully saturated rings. The number of aryl methyl sites for hydroxylation is 1. The number of para-hydroxylation sites is 1. The predicted octanol–water partition coefficient (Wildman–Crippen LogP) is 4.84. The van der Waals surface area contributed by atoms with Crippen molar-refractivity contribution in [2.24, 2.45) is 0 Å². The van der Waals surface area contributed by atoms with Gasteiger partial charge in [0, 0.05) is 30.7 Å². The van der Waals surface area contributed by atoms with Crippen molar-refractivity contribution < 1.29 is 13.6 Å². The molecule has 0 saturated carbocycles. The van der Waals surface area contributed by atoms with Crippen LogP contribution in [0.15, 0.2) is 36.5 Å². The van der Waals surface area contributed by atoms with Crippen LogP contribution < -0.4 is 10.6 Å². The van der Waals surface area contributed by atoms with Crippen molar-refractivity contribution in [3.63, 3.8) is 0 Å². The van der Waals surface area contributed by atoms with E-state index in [1.807, 2.05) is 44.3 Å². The molecule has 0 atom stereocenters. The highest BCUT2D eigenvalue weighted by Crippen LogP contribution is 2.47. The smallest absolute Gasteiger partial charge is 0.330 e. The van der Waals surface area contributed by atoms with Gasteiger partial charge in [-0.3, -0.25) is 4.57 Å². The van der Waals surface area contributed by atoms with E-state index in [1.165, 1.54) is 0 Å². The molecule has 0 aliphatic carbocycles. The summed E-state index contributed by atoms with van der Waals surface area (Å²) in [4.78, 5) is 8.57. The predicted molar refractivity (Wildman–Crippen MR) is 107 cm³/mol. The van der Waals surface area contributed by atoms with Gasteiger partial charge in [0.2, 0.25) is 5.95 Å². The van der Waals surface area contributed by atoms with Crippen LogP contribution in [0.1, 0.15) is 26.3 Å². The Hall–Kier alpha value is -1.95. The van der Waals surface area contributed by atoms with Gasteiger partial charge in [0.15, 0.2) is 0 Å². The zero-order valence-electron chi connectivity index (χ0n) is 16.2. The first-order valence-corrected chi connectivity index (χ1v) is 10.4. The lowest BCUT2D eigenvalue weighted by molar-refractivity contribution is 0.221. The summed E-state index contributed by atoms with van der Waals surface area (Å²) in [7, 11) is -0.851. The number of nitrogens with zero attached hydrogens (tertiary/aromatic N) is 2. The largest absolute Gasteiger partial charge is 0.373 e. The van der Waals surface area contributed by atoms with E-state index in [0.717, 1.165) is 17.1 Å². The highest BCUT2D eigenvalue weighted by molar-refractivity contribution is 7.53. The zero-order chi connectivity index (χ0) is 19.4. The van der Waals surface area contributed by atoms with Crippen molar-refractivity contribution in [1.29, 1.82) is 0 Å². The van der Waals surface area contributed by atoms with Crippen molar-refractivity contribution in [2.45, 2.75) is 27.7 Å². The fourth-order valence-corrected chi connectivity index (χ4v) is 3.25. The van der Waals surface area contributed by atoms with Crippen molar-refractivity contribution in [2.75, 3.05) is 37.1 Å². The summed E-state index contributed by atoms with van der Waals surface area (Å²) >= 11 is 0. The van der Waals surface area contributed by atoms with E-state index in [4.69, 9.17) is 9.05 Å². The third-order valence-corrected chi connectivity index (χ3v) is 5.36. The van der Waals surface area contributed by atoms with E-state index in [-0.39, 0.29) is 0 Å². The van der Waals surface area contributed by atoms with Crippen molar-refractivity contribution >= 4 is 25.0 Å². The Morgan fingerprint density at radius 2 is 1.69 bits per heavy atom. The van der Waals surface area contributed by atoms with Crippen LogP contribution in [0.5, 0.6) is 0 Å². The van der Waals surface area contributed by atoms with Gasteiger partial charge in [0.25, 0.3) is 0 Å². The Balaban J connectivity index is 0.000000294. The number of rotatable bonds is 8. The van der Waals surface area contributed by atoms with Gasteiger partial charge in [-0.1, -0.05) is 25.1 Å². The van der Waals surface area contributed by atoms with Gasteiger partial charge >= 0.3 is 7.60 Å². The van der Waals surface area contributed by atoms with Crippen LogP contribution in [0, 0.1) is 6.92 Å². The molecule has 144 valence electrons. The quantitative estimate of drug-likeness (QED) is 0.634. The number of anilines is 3. The minimum absolute atomic E-state index is 0.450.